The lowest BCUT2D eigenvalue weighted by molar-refractivity contribution is 1.28. The fourth-order valence-corrected chi connectivity index (χ4v) is 1.63. The van der Waals surface area contributed by atoms with Crippen molar-refractivity contribution in [1.82, 2.24) is 4.98 Å². The minimum atomic E-state index is 0.0321. The first-order chi connectivity index (χ1) is 7.16. The number of hydrogen-bond acceptors (Lipinski definition) is 1. The van der Waals surface area contributed by atoms with Crippen LogP contribution in [-0.2, 0) is 0 Å². The second kappa shape index (κ2) is 3.73. The van der Waals surface area contributed by atoms with Crippen molar-refractivity contribution in [3.8, 4) is 11.3 Å². The molecule has 0 fully saturated rings. The Morgan fingerprint density at radius 3 is 2.60 bits per heavy atom. The van der Waals surface area contributed by atoms with Crippen LogP contribution in [0.5, 0.6) is 0 Å². The topological polar surface area (TPSA) is 32.9 Å². The number of H-pyrrole nitrogens is 1. The quantitative estimate of drug-likeness (QED) is 0.752. The molecule has 15 heavy (non-hydrogen) atoms. The number of aromatic nitrogens is 1. The molecule has 0 bridgehead atoms. The van der Waals surface area contributed by atoms with E-state index in [1.165, 1.54) is 17.2 Å². The van der Waals surface area contributed by atoms with Crippen molar-refractivity contribution in [2.45, 2.75) is 13.8 Å². The van der Waals surface area contributed by atoms with Crippen LogP contribution in [-0.4, -0.2) is 4.98 Å². The SMILES string of the molecule is Cc1ccc(C)c(-c2cc(=O)cc[nH]2)c1. The lowest BCUT2D eigenvalue weighted by Gasteiger charge is -2.06. The molecule has 1 aromatic carbocycles. The van der Waals surface area contributed by atoms with Crippen molar-refractivity contribution in [3.63, 3.8) is 0 Å². The number of pyridine rings is 1. The molecule has 0 atom stereocenters. The maximum Gasteiger partial charge on any atom is 0.182 e. The van der Waals surface area contributed by atoms with Gasteiger partial charge >= 0.3 is 0 Å². The summed E-state index contributed by atoms with van der Waals surface area (Å²) >= 11 is 0. The molecule has 2 aromatic rings. The molecule has 0 aliphatic heterocycles. The predicted octanol–water partition coefficient (Wildman–Crippen LogP) is 2.66. The van der Waals surface area contributed by atoms with Gasteiger partial charge in [0, 0.05) is 29.6 Å². The van der Waals surface area contributed by atoms with Crippen molar-refractivity contribution >= 4 is 0 Å². The zero-order valence-electron chi connectivity index (χ0n) is 8.87. The normalized spacial score (nSPS) is 10.3. The summed E-state index contributed by atoms with van der Waals surface area (Å²) in [5.41, 5.74) is 4.36. The molecule has 1 heterocycles. The highest BCUT2D eigenvalue weighted by molar-refractivity contribution is 5.63. The molecule has 2 nitrogen and oxygen atoms in total. The molecule has 2 heteroatoms. The van der Waals surface area contributed by atoms with Crippen LogP contribution in [0.4, 0.5) is 0 Å². The Kier molecular flexibility index (Phi) is 2.42. The average molecular weight is 199 g/mol. The zero-order valence-corrected chi connectivity index (χ0v) is 8.87. The molecule has 0 aliphatic carbocycles. The summed E-state index contributed by atoms with van der Waals surface area (Å²) in [7, 11) is 0. The summed E-state index contributed by atoms with van der Waals surface area (Å²) in [6, 6.07) is 9.37. The standard InChI is InChI=1S/C13H13NO/c1-9-3-4-10(2)12(7-9)13-8-11(15)5-6-14-13/h3-8H,1-2H3,(H,14,15). The first-order valence-corrected chi connectivity index (χ1v) is 4.93. The van der Waals surface area contributed by atoms with Gasteiger partial charge < -0.3 is 4.98 Å². The van der Waals surface area contributed by atoms with E-state index < -0.39 is 0 Å². The molecule has 0 aliphatic rings. The summed E-state index contributed by atoms with van der Waals surface area (Å²) in [5.74, 6) is 0. The smallest absolute Gasteiger partial charge is 0.182 e. The van der Waals surface area contributed by atoms with Crippen molar-refractivity contribution in [3.05, 3.63) is 57.9 Å². The number of rotatable bonds is 1. The Balaban J connectivity index is 2.63. The third-order valence-electron chi connectivity index (χ3n) is 2.46. The Bertz CT molecular complexity index is 540. The summed E-state index contributed by atoms with van der Waals surface area (Å²) < 4.78 is 0. The number of benzene rings is 1. The maximum atomic E-state index is 11.2. The number of hydrogen-bond donors (Lipinski definition) is 1. The Hall–Kier alpha value is -1.83. The van der Waals surface area contributed by atoms with Gasteiger partial charge in [-0.05, 0) is 25.5 Å². The van der Waals surface area contributed by atoms with Gasteiger partial charge in [-0.25, -0.2) is 0 Å². The lowest BCUT2D eigenvalue weighted by Crippen LogP contribution is -1.99. The molecule has 76 valence electrons. The van der Waals surface area contributed by atoms with E-state index in [9.17, 15) is 4.79 Å². The molecule has 2 rings (SSSR count). The minimum absolute atomic E-state index is 0.0321. The van der Waals surface area contributed by atoms with Crippen LogP contribution in [0.3, 0.4) is 0 Å². The third kappa shape index (κ3) is 1.99. The van der Waals surface area contributed by atoms with Crippen LogP contribution in [0.2, 0.25) is 0 Å². The van der Waals surface area contributed by atoms with E-state index in [0.29, 0.717) is 0 Å². The van der Waals surface area contributed by atoms with Crippen LogP contribution in [0.1, 0.15) is 11.1 Å². The van der Waals surface area contributed by atoms with Crippen molar-refractivity contribution < 1.29 is 0 Å². The molecule has 0 unspecified atom stereocenters. The molecular formula is C13H13NO. The predicted molar refractivity (Wildman–Crippen MR) is 62.0 cm³/mol. The van der Waals surface area contributed by atoms with Crippen LogP contribution < -0.4 is 5.43 Å². The first-order valence-electron chi connectivity index (χ1n) is 4.93. The van der Waals surface area contributed by atoms with Gasteiger partial charge in [0.1, 0.15) is 0 Å². The fourth-order valence-electron chi connectivity index (χ4n) is 1.63. The van der Waals surface area contributed by atoms with Gasteiger partial charge in [-0.1, -0.05) is 17.7 Å². The third-order valence-corrected chi connectivity index (χ3v) is 2.46. The van der Waals surface area contributed by atoms with Crippen molar-refractivity contribution in [1.29, 1.82) is 0 Å². The zero-order chi connectivity index (χ0) is 10.8. The van der Waals surface area contributed by atoms with Gasteiger partial charge in [-0.3, -0.25) is 4.79 Å². The summed E-state index contributed by atoms with van der Waals surface area (Å²) in [5, 5.41) is 0. The van der Waals surface area contributed by atoms with Crippen LogP contribution in [0.15, 0.2) is 41.3 Å². The number of aromatic amines is 1. The van der Waals surface area contributed by atoms with Gasteiger partial charge in [-0.2, -0.15) is 0 Å². The maximum absolute atomic E-state index is 11.2. The van der Waals surface area contributed by atoms with Gasteiger partial charge in [0.05, 0.1) is 0 Å². The van der Waals surface area contributed by atoms with Gasteiger partial charge in [0.2, 0.25) is 0 Å². The molecule has 1 N–H and O–H groups in total. The monoisotopic (exact) mass is 199 g/mol. The van der Waals surface area contributed by atoms with Gasteiger partial charge in [0.25, 0.3) is 0 Å². The average Bonchev–Trinajstić information content (AvgIpc) is 2.22. The van der Waals surface area contributed by atoms with Crippen molar-refractivity contribution in [2.24, 2.45) is 0 Å². The van der Waals surface area contributed by atoms with Crippen LogP contribution >= 0.6 is 0 Å². The summed E-state index contributed by atoms with van der Waals surface area (Å²) in [6.45, 7) is 4.09. The molecule has 0 saturated carbocycles. The highest BCUT2D eigenvalue weighted by Crippen LogP contribution is 2.21. The van der Waals surface area contributed by atoms with Crippen molar-refractivity contribution in [2.75, 3.05) is 0 Å². The van der Waals surface area contributed by atoms with E-state index in [4.69, 9.17) is 0 Å². The Morgan fingerprint density at radius 2 is 1.87 bits per heavy atom. The van der Waals surface area contributed by atoms with Gasteiger partial charge in [0.15, 0.2) is 5.43 Å². The lowest BCUT2D eigenvalue weighted by atomic mass is 10.0. The van der Waals surface area contributed by atoms with Crippen LogP contribution in [0.25, 0.3) is 11.3 Å². The molecule has 0 saturated heterocycles. The number of aryl methyl sites for hydroxylation is 2. The highest BCUT2D eigenvalue weighted by atomic mass is 16.1. The van der Waals surface area contributed by atoms with E-state index in [2.05, 4.69) is 23.2 Å². The Morgan fingerprint density at radius 1 is 1.07 bits per heavy atom. The van der Waals surface area contributed by atoms with Crippen LogP contribution in [0, 0.1) is 13.8 Å². The second-order valence-electron chi connectivity index (χ2n) is 3.76. The summed E-state index contributed by atoms with van der Waals surface area (Å²) in [6.07, 6.45) is 1.68. The largest absolute Gasteiger partial charge is 0.361 e. The summed E-state index contributed by atoms with van der Waals surface area (Å²) in [4.78, 5) is 14.3. The van der Waals surface area contributed by atoms with E-state index in [0.717, 1.165) is 11.3 Å². The first kappa shape index (κ1) is 9.71. The second-order valence-corrected chi connectivity index (χ2v) is 3.76. The fraction of sp³-hybridized carbons (Fsp3) is 0.154. The van der Waals surface area contributed by atoms with E-state index in [-0.39, 0.29) is 5.43 Å². The molecule has 0 spiro atoms. The molecular weight excluding hydrogens is 186 g/mol. The molecule has 0 amide bonds. The molecule has 1 aromatic heterocycles. The number of nitrogens with one attached hydrogen (secondary N) is 1. The highest BCUT2D eigenvalue weighted by Gasteiger charge is 2.02. The Labute approximate surface area is 88.6 Å². The minimum Gasteiger partial charge on any atom is -0.361 e. The molecule has 0 radical (unpaired) electrons. The van der Waals surface area contributed by atoms with E-state index >= 15 is 0 Å². The van der Waals surface area contributed by atoms with Gasteiger partial charge in [-0.15, -0.1) is 0 Å². The van der Waals surface area contributed by atoms with E-state index in [1.807, 2.05) is 13.8 Å². The van der Waals surface area contributed by atoms with E-state index in [1.54, 1.807) is 12.3 Å².